The zero-order valence-corrected chi connectivity index (χ0v) is 15.8. The lowest BCUT2D eigenvalue weighted by molar-refractivity contribution is 0.0699. The van der Waals surface area contributed by atoms with Gasteiger partial charge < -0.3 is 10.4 Å². The van der Waals surface area contributed by atoms with Gasteiger partial charge in [-0.1, -0.05) is 39.7 Å². The SMILES string of the molecule is O=C(Nc1scc(-c2ccc(Cl)cc2)c1C(=O)O)c1ccc(Br)cc1. The molecule has 0 aliphatic carbocycles. The van der Waals surface area contributed by atoms with E-state index in [4.69, 9.17) is 11.6 Å². The van der Waals surface area contributed by atoms with Gasteiger partial charge in [-0.2, -0.15) is 0 Å². The molecule has 25 heavy (non-hydrogen) atoms. The summed E-state index contributed by atoms with van der Waals surface area (Å²) in [4.78, 5) is 24.1. The molecule has 2 aromatic carbocycles. The highest BCUT2D eigenvalue weighted by Gasteiger charge is 2.21. The van der Waals surface area contributed by atoms with E-state index in [9.17, 15) is 14.7 Å². The van der Waals surface area contributed by atoms with E-state index in [1.807, 2.05) is 0 Å². The van der Waals surface area contributed by atoms with Crippen LogP contribution in [0.25, 0.3) is 11.1 Å². The fraction of sp³-hybridized carbons (Fsp3) is 0. The minimum Gasteiger partial charge on any atom is -0.478 e. The number of carbonyl (C=O) groups excluding carboxylic acids is 1. The molecule has 0 radical (unpaired) electrons. The van der Waals surface area contributed by atoms with Crippen molar-refractivity contribution >= 4 is 55.7 Å². The van der Waals surface area contributed by atoms with Crippen LogP contribution in [0.5, 0.6) is 0 Å². The van der Waals surface area contributed by atoms with Crippen LogP contribution in [-0.2, 0) is 0 Å². The van der Waals surface area contributed by atoms with Crippen molar-refractivity contribution in [2.24, 2.45) is 0 Å². The number of thiophene rings is 1. The highest BCUT2D eigenvalue weighted by molar-refractivity contribution is 9.10. The molecule has 3 rings (SSSR count). The number of hydrogen-bond donors (Lipinski definition) is 2. The van der Waals surface area contributed by atoms with E-state index in [1.165, 1.54) is 11.3 Å². The lowest BCUT2D eigenvalue weighted by atomic mass is 10.0. The van der Waals surface area contributed by atoms with Crippen LogP contribution in [0.1, 0.15) is 20.7 Å². The van der Waals surface area contributed by atoms with E-state index in [1.54, 1.807) is 53.9 Å². The van der Waals surface area contributed by atoms with Crippen molar-refractivity contribution in [3.63, 3.8) is 0 Å². The normalized spacial score (nSPS) is 10.5. The number of amides is 1. The van der Waals surface area contributed by atoms with E-state index < -0.39 is 5.97 Å². The topological polar surface area (TPSA) is 66.4 Å². The molecular formula is C18H11BrClNO3S. The van der Waals surface area contributed by atoms with E-state index >= 15 is 0 Å². The number of carboxylic acid groups (broad SMARTS) is 1. The van der Waals surface area contributed by atoms with Gasteiger partial charge in [-0.25, -0.2) is 4.79 Å². The van der Waals surface area contributed by atoms with Crippen LogP contribution >= 0.6 is 38.9 Å². The van der Waals surface area contributed by atoms with Crippen LogP contribution < -0.4 is 5.32 Å². The van der Waals surface area contributed by atoms with Crippen LogP contribution in [0.3, 0.4) is 0 Å². The molecule has 4 nitrogen and oxygen atoms in total. The van der Waals surface area contributed by atoms with E-state index in [-0.39, 0.29) is 11.5 Å². The second-order valence-electron chi connectivity index (χ2n) is 5.13. The lowest BCUT2D eigenvalue weighted by Gasteiger charge is -2.06. The Morgan fingerprint density at radius 2 is 1.68 bits per heavy atom. The summed E-state index contributed by atoms with van der Waals surface area (Å²) in [7, 11) is 0. The van der Waals surface area contributed by atoms with Gasteiger partial charge in [0.25, 0.3) is 5.91 Å². The summed E-state index contributed by atoms with van der Waals surface area (Å²) in [5.74, 6) is -1.46. The van der Waals surface area contributed by atoms with Crippen LogP contribution in [-0.4, -0.2) is 17.0 Å². The zero-order valence-electron chi connectivity index (χ0n) is 12.6. The number of carboxylic acids is 1. The molecule has 0 fully saturated rings. The summed E-state index contributed by atoms with van der Waals surface area (Å²) < 4.78 is 0.858. The molecule has 0 unspecified atom stereocenters. The smallest absolute Gasteiger partial charge is 0.339 e. The molecule has 1 aromatic heterocycles. The third-order valence-electron chi connectivity index (χ3n) is 3.49. The summed E-state index contributed by atoms with van der Waals surface area (Å²) >= 11 is 10.4. The molecule has 126 valence electrons. The number of rotatable bonds is 4. The molecule has 0 atom stereocenters. The maximum absolute atomic E-state index is 12.4. The van der Waals surface area contributed by atoms with Crippen molar-refractivity contribution < 1.29 is 14.7 Å². The van der Waals surface area contributed by atoms with Crippen LogP contribution in [0.4, 0.5) is 5.00 Å². The van der Waals surface area contributed by atoms with Gasteiger partial charge in [0.2, 0.25) is 0 Å². The zero-order chi connectivity index (χ0) is 18.0. The molecule has 0 saturated heterocycles. The van der Waals surface area contributed by atoms with Crippen LogP contribution in [0, 0.1) is 0 Å². The standard InChI is InChI=1S/C18H11BrClNO3S/c19-12-5-1-11(2-6-12)16(22)21-17-15(18(23)24)14(9-25-17)10-3-7-13(20)8-4-10/h1-9H,(H,21,22)(H,23,24). The Morgan fingerprint density at radius 1 is 1.04 bits per heavy atom. The summed E-state index contributed by atoms with van der Waals surface area (Å²) in [5.41, 5.74) is 1.78. The van der Waals surface area contributed by atoms with Gasteiger partial charge in [0.05, 0.1) is 0 Å². The maximum atomic E-state index is 12.4. The maximum Gasteiger partial charge on any atom is 0.339 e. The van der Waals surface area contributed by atoms with E-state index in [2.05, 4.69) is 21.2 Å². The Labute approximate surface area is 161 Å². The average molecular weight is 437 g/mol. The molecule has 0 aliphatic rings. The first kappa shape index (κ1) is 17.7. The van der Waals surface area contributed by atoms with Gasteiger partial charge in [0.1, 0.15) is 10.6 Å². The first-order valence-corrected chi connectivity index (χ1v) is 9.18. The molecular weight excluding hydrogens is 426 g/mol. The first-order valence-electron chi connectivity index (χ1n) is 7.13. The Bertz CT molecular complexity index is 936. The van der Waals surface area contributed by atoms with Crippen molar-refractivity contribution in [3.05, 3.63) is 74.5 Å². The molecule has 0 bridgehead atoms. The van der Waals surface area contributed by atoms with Crippen LogP contribution in [0.2, 0.25) is 5.02 Å². The number of hydrogen-bond acceptors (Lipinski definition) is 3. The average Bonchev–Trinajstić information content (AvgIpc) is 3.00. The predicted octanol–water partition coefficient (Wildman–Crippen LogP) is 5.78. The van der Waals surface area contributed by atoms with Gasteiger partial charge in [-0.15, -0.1) is 11.3 Å². The number of carbonyl (C=O) groups is 2. The van der Waals surface area contributed by atoms with Crippen molar-refractivity contribution in [2.75, 3.05) is 5.32 Å². The first-order chi connectivity index (χ1) is 12.0. The van der Waals surface area contributed by atoms with Gasteiger partial charge in [0, 0.05) is 26.0 Å². The molecule has 0 spiro atoms. The number of halogens is 2. The fourth-order valence-corrected chi connectivity index (χ4v) is 3.63. The van der Waals surface area contributed by atoms with Crippen LogP contribution in [0.15, 0.2) is 58.4 Å². The minimum atomic E-state index is -1.10. The third kappa shape index (κ3) is 3.92. The van der Waals surface area contributed by atoms with E-state index in [0.717, 1.165) is 10.0 Å². The quantitative estimate of drug-likeness (QED) is 0.544. The Balaban J connectivity index is 1.94. The highest BCUT2D eigenvalue weighted by atomic mass is 79.9. The van der Waals surface area contributed by atoms with E-state index in [0.29, 0.717) is 21.2 Å². The summed E-state index contributed by atoms with van der Waals surface area (Å²) in [6.07, 6.45) is 0. The molecule has 1 amide bonds. The largest absolute Gasteiger partial charge is 0.478 e. The number of anilines is 1. The molecule has 0 saturated carbocycles. The van der Waals surface area contributed by atoms with Gasteiger partial charge in [-0.3, -0.25) is 4.79 Å². The predicted molar refractivity (Wildman–Crippen MR) is 104 cm³/mol. The van der Waals surface area contributed by atoms with Gasteiger partial charge in [0.15, 0.2) is 0 Å². The Hall–Kier alpha value is -2.15. The molecule has 3 aromatic rings. The Morgan fingerprint density at radius 3 is 2.28 bits per heavy atom. The molecule has 7 heteroatoms. The summed E-state index contributed by atoms with van der Waals surface area (Å²) in [5, 5.41) is 14.9. The minimum absolute atomic E-state index is 0.0674. The Kier molecular flexibility index (Phi) is 5.22. The third-order valence-corrected chi connectivity index (χ3v) is 5.17. The summed E-state index contributed by atoms with van der Waals surface area (Å²) in [6, 6.07) is 13.7. The molecule has 2 N–H and O–H groups in total. The van der Waals surface area contributed by atoms with Gasteiger partial charge >= 0.3 is 5.97 Å². The fourth-order valence-electron chi connectivity index (χ4n) is 2.28. The monoisotopic (exact) mass is 435 g/mol. The molecule has 0 aliphatic heterocycles. The molecule has 1 heterocycles. The van der Waals surface area contributed by atoms with Crippen molar-refractivity contribution in [1.82, 2.24) is 0 Å². The second-order valence-corrected chi connectivity index (χ2v) is 7.36. The van der Waals surface area contributed by atoms with Gasteiger partial charge in [-0.05, 0) is 42.0 Å². The second kappa shape index (κ2) is 7.39. The van der Waals surface area contributed by atoms with Crippen molar-refractivity contribution in [1.29, 1.82) is 0 Å². The lowest BCUT2D eigenvalue weighted by Crippen LogP contribution is -2.13. The number of benzene rings is 2. The van der Waals surface area contributed by atoms with Crippen molar-refractivity contribution in [3.8, 4) is 11.1 Å². The van der Waals surface area contributed by atoms with Crippen molar-refractivity contribution in [2.45, 2.75) is 0 Å². The number of nitrogens with one attached hydrogen (secondary N) is 1. The number of aromatic carboxylic acids is 1. The highest BCUT2D eigenvalue weighted by Crippen LogP contribution is 2.36. The summed E-state index contributed by atoms with van der Waals surface area (Å²) in [6.45, 7) is 0.